The molecule has 0 atom stereocenters. The zero-order valence-corrected chi connectivity index (χ0v) is 19.0. The molecular formula is C25H26N4O4. The van der Waals surface area contributed by atoms with Gasteiger partial charge in [-0.1, -0.05) is 12.1 Å². The summed E-state index contributed by atoms with van der Waals surface area (Å²) < 4.78 is 11.1. The van der Waals surface area contributed by atoms with Gasteiger partial charge in [0.2, 0.25) is 5.88 Å². The molecule has 170 valence electrons. The molecule has 0 radical (unpaired) electrons. The highest BCUT2D eigenvalue weighted by atomic mass is 16.5. The summed E-state index contributed by atoms with van der Waals surface area (Å²) in [5.74, 6) is -0.138. The fraction of sp³-hybridized carbons (Fsp3) is 0.240. The quantitative estimate of drug-likeness (QED) is 0.497. The topological polar surface area (TPSA) is 100 Å². The number of fused-ring (bicyclic) bond motifs is 1. The van der Waals surface area contributed by atoms with E-state index in [1.807, 2.05) is 45.3 Å². The number of aromatic nitrogens is 1. The number of hydrogen-bond acceptors (Lipinski definition) is 8. The molecule has 0 saturated carbocycles. The molecule has 8 nitrogen and oxygen atoms in total. The van der Waals surface area contributed by atoms with E-state index < -0.39 is 5.97 Å². The number of aryl methyl sites for hydroxylation is 1. The van der Waals surface area contributed by atoms with Gasteiger partial charge in [-0.15, -0.1) is 0 Å². The van der Waals surface area contributed by atoms with E-state index >= 15 is 0 Å². The summed E-state index contributed by atoms with van der Waals surface area (Å²) in [5, 5.41) is 14.0. The van der Waals surface area contributed by atoms with Crippen molar-refractivity contribution >= 4 is 41.2 Å². The Kier molecular flexibility index (Phi) is 6.28. The Morgan fingerprint density at radius 1 is 1.30 bits per heavy atom. The molecule has 0 spiro atoms. The van der Waals surface area contributed by atoms with E-state index in [1.54, 1.807) is 25.4 Å². The second-order valence-electron chi connectivity index (χ2n) is 7.98. The summed E-state index contributed by atoms with van der Waals surface area (Å²) in [6, 6.07) is 9.68. The lowest BCUT2D eigenvalue weighted by molar-refractivity contribution is 0.0524. The Hall–Kier alpha value is -3.91. The average molecular weight is 447 g/mol. The van der Waals surface area contributed by atoms with Gasteiger partial charge >= 0.3 is 5.97 Å². The van der Waals surface area contributed by atoms with Crippen molar-refractivity contribution in [2.24, 2.45) is 4.99 Å². The SMILES string of the molecule is CCOC(=O)c1c(Nc2ccc(CN(C)C)cc2C)oc(C=C2C=Nc3ncccc32)c1O. The van der Waals surface area contributed by atoms with E-state index in [0.29, 0.717) is 11.4 Å². The van der Waals surface area contributed by atoms with Crippen LogP contribution in [0.2, 0.25) is 0 Å². The predicted octanol–water partition coefficient (Wildman–Crippen LogP) is 4.93. The fourth-order valence-corrected chi connectivity index (χ4v) is 3.65. The average Bonchev–Trinajstić information content (AvgIpc) is 3.31. The van der Waals surface area contributed by atoms with Gasteiger partial charge in [-0.05, 0) is 63.3 Å². The molecule has 2 aromatic heterocycles. The molecule has 1 aliphatic heterocycles. The van der Waals surface area contributed by atoms with Gasteiger partial charge in [0.05, 0.1) is 6.61 Å². The van der Waals surface area contributed by atoms with Gasteiger partial charge in [0.25, 0.3) is 0 Å². The smallest absolute Gasteiger partial charge is 0.347 e. The van der Waals surface area contributed by atoms with Crippen LogP contribution in [0.25, 0.3) is 11.6 Å². The number of allylic oxidation sites excluding steroid dienone is 1. The van der Waals surface area contributed by atoms with Gasteiger partial charge in [0.15, 0.2) is 22.9 Å². The van der Waals surface area contributed by atoms with Crippen molar-refractivity contribution in [1.29, 1.82) is 0 Å². The first-order valence-electron chi connectivity index (χ1n) is 10.6. The first kappa shape index (κ1) is 22.3. The predicted molar refractivity (Wildman–Crippen MR) is 128 cm³/mol. The largest absolute Gasteiger partial charge is 0.504 e. The van der Waals surface area contributed by atoms with Gasteiger partial charge < -0.3 is 24.5 Å². The summed E-state index contributed by atoms with van der Waals surface area (Å²) in [6.07, 6.45) is 4.94. The molecule has 8 heteroatoms. The Labute approximate surface area is 192 Å². The van der Waals surface area contributed by atoms with Crippen LogP contribution in [0.3, 0.4) is 0 Å². The van der Waals surface area contributed by atoms with Crippen LogP contribution in [0.1, 0.15) is 39.7 Å². The maximum Gasteiger partial charge on any atom is 0.347 e. The molecular weight excluding hydrogens is 420 g/mol. The van der Waals surface area contributed by atoms with Gasteiger partial charge in [-0.25, -0.2) is 14.8 Å². The lowest BCUT2D eigenvalue weighted by Gasteiger charge is -2.13. The summed E-state index contributed by atoms with van der Waals surface area (Å²) in [6.45, 7) is 4.66. The van der Waals surface area contributed by atoms with E-state index in [0.717, 1.165) is 28.9 Å². The third-order valence-corrected chi connectivity index (χ3v) is 5.14. The van der Waals surface area contributed by atoms with Crippen molar-refractivity contribution in [3.63, 3.8) is 0 Å². The minimum absolute atomic E-state index is 0.0539. The van der Waals surface area contributed by atoms with Crippen LogP contribution in [0, 0.1) is 6.92 Å². The number of pyridine rings is 1. The molecule has 1 aromatic carbocycles. The Morgan fingerprint density at radius 2 is 2.12 bits per heavy atom. The minimum Gasteiger partial charge on any atom is -0.504 e. The number of hydrogen-bond donors (Lipinski definition) is 2. The fourth-order valence-electron chi connectivity index (χ4n) is 3.65. The second-order valence-corrected chi connectivity index (χ2v) is 7.98. The molecule has 2 N–H and O–H groups in total. The first-order chi connectivity index (χ1) is 15.9. The van der Waals surface area contributed by atoms with Crippen molar-refractivity contribution in [2.45, 2.75) is 20.4 Å². The number of aliphatic imine (C=N–C) groups is 1. The van der Waals surface area contributed by atoms with Gasteiger partial charge in [-0.3, -0.25) is 0 Å². The number of furan rings is 1. The third kappa shape index (κ3) is 4.65. The van der Waals surface area contributed by atoms with Gasteiger partial charge in [0, 0.05) is 35.8 Å². The molecule has 3 heterocycles. The summed E-state index contributed by atoms with van der Waals surface area (Å²) in [4.78, 5) is 23.2. The van der Waals surface area contributed by atoms with E-state index in [1.165, 1.54) is 0 Å². The highest BCUT2D eigenvalue weighted by molar-refractivity contribution is 6.21. The van der Waals surface area contributed by atoms with Crippen LogP contribution >= 0.6 is 0 Å². The standard InChI is InChI=1S/C25H26N4O4/c1-5-32-25(31)21-22(30)20(12-17-13-27-23-18(17)7-6-10-26-23)33-24(21)28-19-9-8-16(11-15(19)2)14-29(3)4/h6-13,28,30H,5,14H2,1-4H3. The van der Waals surface area contributed by atoms with Crippen LogP contribution in [0.4, 0.5) is 17.4 Å². The number of carbonyl (C=O) groups excluding carboxylic acids is 1. The monoisotopic (exact) mass is 446 g/mol. The van der Waals surface area contributed by atoms with E-state index in [9.17, 15) is 9.90 Å². The zero-order chi connectivity index (χ0) is 23.5. The van der Waals surface area contributed by atoms with Crippen LogP contribution in [0.15, 0.2) is 45.9 Å². The van der Waals surface area contributed by atoms with E-state index in [2.05, 4.69) is 26.3 Å². The van der Waals surface area contributed by atoms with Crippen molar-refractivity contribution < 1.29 is 19.1 Å². The van der Waals surface area contributed by atoms with Crippen molar-refractivity contribution in [2.75, 3.05) is 26.0 Å². The van der Waals surface area contributed by atoms with Gasteiger partial charge in [-0.2, -0.15) is 0 Å². The molecule has 0 bridgehead atoms. The number of aromatic hydroxyl groups is 1. The van der Waals surface area contributed by atoms with Crippen molar-refractivity contribution in [1.82, 2.24) is 9.88 Å². The molecule has 0 unspecified atom stereocenters. The Morgan fingerprint density at radius 3 is 2.85 bits per heavy atom. The number of nitrogens with zero attached hydrogens (tertiary/aromatic N) is 3. The Balaban J connectivity index is 1.72. The lowest BCUT2D eigenvalue weighted by atomic mass is 10.1. The highest BCUT2D eigenvalue weighted by Crippen LogP contribution is 2.39. The molecule has 0 amide bonds. The van der Waals surface area contributed by atoms with Crippen LogP contribution < -0.4 is 5.32 Å². The number of anilines is 2. The third-order valence-electron chi connectivity index (χ3n) is 5.14. The van der Waals surface area contributed by atoms with Crippen LogP contribution in [-0.2, 0) is 11.3 Å². The molecule has 3 aromatic rings. The molecule has 0 aliphatic carbocycles. The normalized spacial score (nSPS) is 13.5. The molecule has 0 fully saturated rings. The second kappa shape index (κ2) is 9.30. The molecule has 1 aliphatic rings. The maximum absolute atomic E-state index is 12.6. The number of rotatable bonds is 7. The molecule has 33 heavy (non-hydrogen) atoms. The number of benzene rings is 1. The number of carbonyl (C=O) groups is 1. The van der Waals surface area contributed by atoms with Crippen LogP contribution in [-0.4, -0.2) is 47.9 Å². The number of esters is 1. The summed E-state index contributed by atoms with van der Waals surface area (Å²) >= 11 is 0. The van der Waals surface area contributed by atoms with Gasteiger partial charge in [0.1, 0.15) is 0 Å². The Bertz CT molecular complexity index is 1260. The van der Waals surface area contributed by atoms with Crippen molar-refractivity contribution in [3.8, 4) is 5.75 Å². The first-order valence-corrected chi connectivity index (χ1v) is 10.6. The van der Waals surface area contributed by atoms with Crippen molar-refractivity contribution in [3.05, 3.63) is 64.5 Å². The number of ether oxygens (including phenoxy) is 1. The maximum atomic E-state index is 12.6. The molecule has 0 saturated heterocycles. The van der Waals surface area contributed by atoms with E-state index in [-0.39, 0.29) is 29.6 Å². The lowest BCUT2D eigenvalue weighted by Crippen LogP contribution is -2.11. The number of nitrogens with one attached hydrogen (secondary N) is 1. The summed E-state index contributed by atoms with van der Waals surface area (Å²) in [5.41, 5.74) is 4.37. The minimum atomic E-state index is -0.671. The van der Waals surface area contributed by atoms with E-state index in [4.69, 9.17) is 9.15 Å². The highest BCUT2D eigenvalue weighted by Gasteiger charge is 2.27. The zero-order valence-electron chi connectivity index (χ0n) is 19.0. The van der Waals surface area contributed by atoms with Crippen LogP contribution in [0.5, 0.6) is 5.75 Å². The molecule has 4 rings (SSSR count). The summed E-state index contributed by atoms with van der Waals surface area (Å²) in [7, 11) is 4.02.